The van der Waals surface area contributed by atoms with Gasteiger partial charge in [-0.1, -0.05) is 18.6 Å². The second-order valence-corrected chi connectivity index (χ2v) is 7.94. The predicted octanol–water partition coefficient (Wildman–Crippen LogP) is 3.83. The minimum Gasteiger partial charge on any atom is -0.326 e. The van der Waals surface area contributed by atoms with Gasteiger partial charge in [-0.15, -0.1) is 0 Å². The highest BCUT2D eigenvalue weighted by Crippen LogP contribution is 2.30. The number of hydrogen-bond donors (Lipinski definition) is 3. The number of rotatable bonds is 6. The molecule has 3 N–H and O–H groups in total. The minimum absolute atomic E-state index is 0.0431. The van der Waals surface area contributed by atoms with Gasteiger partial charge >= 0.3 is 0 Å². The average molecular weight is 416 g/mol. The molecule has 5 rings (SSSR count). The van der Waals surface area contributed by atoms with Crippen molar-refractivity contribution in [2.75, 3.05) is 25.0 Å². The second-order valence-electron chi connectivity index (χ2n) is 7.94. The van der Waals surface area contributed by atoms with E-state index in [1.54, 1.807) is 6.33 Å². The summed E-state index contributed by atoms with van der Waals surface area (Å²) in [6, 6.07) is 13.8. The number of nitrogens with zero attached hydrogens (tertiary/aromatic N) is 4. The highest BCUT2D eigenvalue weighted by atomic mass is 16.1. The average Bonchev–Trinajstić information content (AvgIpc) is 3.48. The summed E-state index contributed by atoms with van der Waals surface area (Å²) in [6.07, 6.45) is 5.85. The number of aromatic nitrogens is 5. The number of H-pyrrole nitrogens is 2. The SMILES string of the molecule is O=C(CCN1CCCCC1)Nc1cccc(-c2n[nH]c3ccc(-c4nc[nH]n4)cc23)c1. The number of piperidine rings is 1. The fourth-order valence-corrected chi connectivity index (χ4v) is 4.13. The number of carbonyl (C=O) groups is 1. The van der Waals surface area contributed by atoms with Crippen LogP contribution in [0.4, 0.5) is 5.69 Å². The van der Waals surface area contributed by atoms with Crippen molar-refractivity contribution in [2.24, 2.45) is 0 Å². The molecule has 2 aromatic heterocycles. The molecule has 0 bridgehead atoms. The Morgan fingerprint density at radius 1 is 1.03 bits per heavy atom. The molecule has 0 aliphatic carbocycles. The van der Waals surface area contributed by atoms with Crippen LogP contribution in [0.25, 0.3) is 33.5 Å². The van der Waals surface area contributed by atoms with Gasteiger partial charge in [0.15, 0.2) is 5.82 Å². The maximum absolute atomic E-state index is 12.5. The van der Waals surface area contributed by atoms with Gasteiger partial charge < -0.3 is 10.2 Å². The summed E-state index contributed by atoms with van der Waals surface area (Å²) >= 11 is 0. The van der Waals surface area contributed by atoms with E-state index in [2.05, 4.69) is 35.6 Å². The summed E-state index contributed by atoms with van der Waals surface area (Å²) in [5.41, 5.74) is 4.40. The third kappa shape index (κ3) is 4.34. The van der Waals surface area contributed by atoms with E-state index in [9.17, 15) is 4.79 Å². The van der Waals surface area contributed by atoms with Crippen molar-refractivity contribution in [1.29, 1.82) is 0 Å². The van der Waals surface area contributed by atoms with Crippen molar-refractivity contribution >= 4 is 22.5 Å². The van der Waals surface area contributed by atoms with Crippen LogP contribution in [0.2, 0.25) is 0 Å². The normalized spacial score (nSPS) is 14.7. The number of likely N-dealkylation sites (tertiary alicyclic amines) is 1. The van der Waals surface area contributed by atoms with Crippen molar-refractivity contribution in [3.05, 3.63) is 48.8 Å². The second kappa shape index (κ2) is 8.69. The molecule has 0 saturated carbocycles. The van der Waals surface area contributed by atoms with Crippen molar-refractivity contribution in [3.8, 4) is 22.6 Å². The zero-order valence-electron chi connectivity index (χ0n) is 17.3. The third-order valence-corrected chi connectivity index (χ3v) is 5.76. The van der Waals surface area contributed by atoms with Gasteiger partial charge in [-0.25, -0.2) is 4.98 Å². The number of nitrogens with one attached hydrogen (secondary N) is 3. The van der Waals surface area contributed by atoms with Crippen LogP contribution in [0.1, 0.15) is 25.7 Å². The van der Waals surface area contributed by atoms with E-state index in [-0.39, 0.29) is 5.91 Å². The molecule has 1 amide bonds. The molecule has 4 aromatic rings. The highest BCUT2D eigenvalue weighted by Gasteiger charge is 2.14. The number of carbonyl (C=O) groups excluding carboxylic acids is 1. The molecular weight excluding hydrogens is 390 g/mol. The fourth-order valence-electron chi connectivity index (χ4n) is 4.13. The number of fused-ring (bicyclic) bond motifs is 1. The molecule has 1 saturated heterocycles. The van der Waals surface area contributed by atoms with Crippen LogP contribution in [0, 0.1) is 0 Å². The lowest BCUT2D eigenvalue weighted by atomic mass is 10.0. The molecule has 0 radical (unpaired) electrons. The van der Waals surface area contributed by atoms with E-state index in [0.717, 1.165) is 53.0 Å². The maximum Gasteiger partial charge on any atom is 0.225 e. The quantitative estimate of drug-likeness (QED) is 0.444. The molecular formula is C23H25N7O. The Hall–Kier alpha value is -3.52. The minimum atomic E-state index is 0.0431. The summed E-state index contributed by atoms with van der Waals surface area (Å²) < 4.78 is 0. The molecule has 1 fully saturated rings. The first-order valence-corrected chi connectivity index (χ1v) is 10.7. The Labute approximate surface area is 180 Å². The molecule has 2 aromatic carbocycles. The molecule has 0 atom stereocenters. The molecule has 0 spiro atoms. The molecule has 158 valence electrons. The zero-order valence-corrected chi connectivity index (χ0v) is 17.3. The molecule has 1 aliphatic heterocycles. The van der Waals surface area contributed by atoms with Gasteiger partial charge in [0.1, 0.15) is 6.33 Å². The Morgan fingerprint density at radius 3 is 2.77 bits per heavy atom. The Balaban J connectivity index is 1.33. The molecule has 1 aliphatic rings. The Bertz CT molecular complexity index is 1180. The lowest BCUT2D eigenvalue weighted by molar-refractivity contribution is -0.116. The van der Waals surface area contributed by atoms with E-state index in [0.29, 0.717) is 12.2 Å². The van der Waals surface area contributed by atoms with E-state index in [4.69, 9.17) is 0 Å². The molecule has 0 unspecified atom stereocenters. The van der Waals surface area contributed by atoms with Crippen LogP contribution in [-0.4, -0.2) is 55.8 Å². The van der Waals surface area contributed by atoms with E-state index >= 15 is 0 Å². The predicted molar refractivity (Wildman–Crippen MR) is 120 cm³/mol. The first-order chi connectivity index (χ1) is 15.3. The molecule has 3 heterocycles. The van der Waals surface area contributed by atoms with Gasteiger partial charge in [0.05, 0.1) is 11.2 Å². The smallest absolute Gasteiger partial charge is 0.225 e. The first kappa shape index (κ1) is 19.4. The maximum atomic E-state index is 12.5. The molecule has 31 heavy (non-hydrogen) atoms. The van der Waals surface area contributed by atoms with Gasteiger partial charge in [0.2, 0.25) is 5.91 Å². The summed E-state index contributed by atoms with van der Waals surface area (Å²) in [6.45, 7) is 3.02. The van der Waals surface area contributed by atoms with Crippen molar-refractivity contribution in [2.45, 2.75) is 25.7 Å². The van der Waals surface area contributed by atoms with Gasteiger partial charge in [-0.05, 0) is 56.3 Å². The number of benzene rings is 2. The van der Waals surface area contributed by atoms with Crippen LogP contribution in [0.3, 0.4) is 0 Å². The summed E-state index contributed by atoms with van der Waals surface area (Å²) in [4.78, 5) is 19.1. The van der Waals surface area contributed by atoms with Crippen LogP contribution in [0.15, 0.2) is 48.8 Å². The van der Waals surface area contributed by atoms with E-state index < -0.39 is 0 Å². The highest BCUT2D eigenvalue weighted by molar-refractivity contribution is 5.97. The zero-order chi connectivity index (χ0) is 21.0. The van der Waals surface area contributed by atoms with Crippen LogP contribution < -0.4 is 5.32 Å². The monoisotopic (exact) mass is 415 g/mol. The fraction of sp³-hybridized carbons (Fsp3) is 0.304. The largest absolute Gasteiger partial charge is 0.326 e. The van der Waals surface area contributed by atoms with Crippen LogP contribution in [-0.2, 0) is 4.79 Å². The van der Waals surface area contributed by atoms with Gasteiger partial charge in [-0.2, -0.15) is 10.2 Å². The standard InChI is InChI=1S/C23H25N7O/c31-21(9-12-30-10-2-1-3-11-30)26-18-6-4-5-16(13-18)22-19-14-17(23-24-15-25-29-23)7-8-20(19)27-28-22/h4-8,13-15H,1-3,9-12H2,(H,26,31)(H,27,28)(H,24,25,29). The molecule has 8 nitrogen and oxygen atoms in total. The van der Waals surface area contributed by atoms with E-state index in [1.165, 1.54) is 19.3 Å². The van der Waals surface area contributed by atoms with Gasteiger partial charge in [-0.3, -0.25) is 15.0 Å². The van der Waals surface area contributed by atoms with Crippen molar-refractivity contribution in [1.82, 2.24) is 30.3 Å². The lowest BCUT2D eigenvalue weighted by Gasteiger charge is -2.25. The van der Waals surface area contributed by atoms with Gasteiger partial charge in [0.25, 0.3) is 0 Å². The molecule has 8 heteroatoms. The Kier molecular flexibility index (Phi) is 5.45. The number of aromatic amines is 2. The van der Waals surface area contributed by atoms with Crippen LogP contribution >= 0.6 is 0 Å². The third-order valence-electron chi connectivity index (χ3n) is 5.76. The van der Waals surface area contributed by atoms with Gasteiger partial charge in [0, 0.05) is 35.2 Å². The van der Waals surface area contributed by atoms with Crippen molar-refractivity contribution < 1.29 is 4.79 Å². The van der Waals surface area contributed by atoms with E-state index in [1.807, 2.05) is 42.5 Å². The summed E-state index contributed by atoms with van der Waals surface area (Å²) in [5.74, 6) is 0.685. The topological polar surface area (TPSA) is 103 Å². The van der Waals surface area contributed by atoms with Crippen LogP contribution in [0.5, 0.6) is 0 Å². The number of hydrogen-bond acceptors (Lipinski definition) is 5. The number of amides is 1. The number of anilines is 1. The summed E-state index contributed by atoms with van der Waals surface area (Å²) in [7, 11) is 0. The van der Waals surface area contributed by atoms with Crippen molar-refractivity contribution in [3.63, 3.8) is 0 Å². The Morgan fingerprint density at radius 2 is 1.94 bits per heavy atom. The summed E-state index contributed by atoms with van der Waals surface area (Å²) in [5, 5.41) is 18.5. The first-order valence-electron chi connectivity index (χ1n) is 10.7. The lowest BCUT2D eigenvalue weighted by Crippen LogP contribution is -2.32.